The molecule has 0 aromatic rings. The normalized spacial score (nSPS) is 19.3. The number of hydrogen-bond acceptors (Lipinski definition) is 2. The molecule has 0 unspecified atom stereocenters. The Labute approximate surface area is 48.6 Å². The molecule has 0 saturated heterocycles. The van der Waals surface area contributed by atoms with Crippen LogP contribution in [0.3, 0.4) is 0 Å². The van der Waals surface area contributed by atoms with Gasteiger partial charge in [0.05, 0.1) is 5.03 Å². The van der Waals surface area contributed by atoms with Crippen molar-refractivity contribution in [2.75, 3.05) is 0 Å². The number of allylic oxidation sites excluding steroid dienone is 1. The van der Waals surface area contributed by atoms with Gasteiger partial charge in [0, 0.05) is 6.21 Å². The van der Waals surface area contributed by atoms with E-state index >= 15 is 0 Å². The molecule has 1 aliphatic rings. The van der Waals surface area contributed by atoms with Crippen molar-refractivity contribution in [2.24, 2.45) is 4.99 Å². The summed E-state index contributed by atoms with van der Waals surface area (Å²) in [7, 11) is 0. The third kappa shape index (κ3) is 1.35. The molecular weight excluding hydrogens is 106 g/mol. The van der Waals surface area contributed by atoms with Crippen LogP contribution in [0, 0.1) is 0 Å². The van der Waals surface area contributed by atoms with Crippen LogP contribution in [-0.2, 0) is 0 Å². The Kier molecular flexibility index (Phi) is 1.52. The lowest BCUT2D eigenvalue weighted by Gasteiger charge is -1.95. The van der Waals surface area contributed by atoms with Crippen LogP contribution in [0.25, 0.3) is 0 Å². The van der Waals surface area contributed by atoms with Crippen LogP contribution >= 0.6 is 12.6 Å². The second-order valence-corrected chi connectivity index (χ2v) is 1.91. The van der Waals surface area contributed by atoms with Crippen molar-refractivity contribution < 1.29 is 0 Å². The molecule has 0 N–H and O–H groups in total. The number of thiol groups is 1. The number of rotatable bonds is 0. The zero-order valence-electron chi connectivity index (χ0n) is 3.96. The minimum atomic E-state index is 0.853. The SMILES string of the molecule is SC1=CCCC=N1. The molecular formula is C5H7NS. The van der Waals surface area contributed by atoms with E-state index in [0.29, 0.717) is 0 Å². The second kappa shape index (κ2) is 2.17. The minimum Gasteiger partial charge on any atom is -0.255 e. The molecule has 0 spiro atoms. The molecule has 0 fully saturated rings. The molecule has 0 saturated carbocycles. The van der Waals surface area contributed by atoms with E-state index < -0.39 is 0 Å². The van der Waals surface area contributed by atoms with Crippen LogP contribution in [-0.4, -0.2) is 6.21 Å². The Balaban J connectivity index is 2.58. The van der Waals surface area contributed by atoms with Gasteiger partial charge in [0.25, 0.3) is 0 Å². The quantitative estimate of drug-likeness (QED) is 0.458. The van der Waals surface area contributed by atoms with Crippen LogP contribution in [0.4, 0.5) is 0 Å². The highest BCUT2D eigenvalue weighted by molar-refractivity contribution is 7.84. The van der Waals surface area contributed by atoms with Crippen molar-refractivity contribution in [3.63, 3.8) is 0 Å². The molecule has 0 aromatic carbocycles. The van der Waals surface area contributed by atoms with E-state index in [2.05, 4.69) is 17.6 Å². The van der Waals surface area contributed by atoms with E-state index in [0.717, 1.165) is 17.9 Å². The maximum Gasteiger partial charge on any atom is 0.0885 e. The summed E-state index contributed by atoms with van der Waals surface area (Å²) in [5.41, 5.74) is 0. The Morgan fingerprint density at radius 3 is 2.71 bits per heavy atom. The monoisotopic (exact) mass is 113 g/mol. The standard InChI is InChI=1S/C5H7NS/c7-5-3-1-2-4-6-5/h3-4,7H,1-2H2. The van der Waals surface area contributed by atoms with Gasteiger partial charge in [-0.25, -0.2) is 0 Å². The van der Waals surface area contributed by atoms with Gasteiger partial charge < -0.3 is 0 Å². The van der Waals surface area contributed by atoms with Crippen molar-refractivity contribution >= 4 is 18.8 Å². The van der Waals surface area contributed by atoms with Crippen LogP contribution < -0.4 is 0 Å². The summed E-state index contributed by atoms with van der Waals surface area (Å²) in [6.07, 6.45) is 6.08. The molecule has 38 valence electrons. The molecule has 0 aromatic heterocycles. The molecule has 1 heterocycles. The van der Waals surface area contributed by atoms with Gasteiger partial charge in [-0.05, 0) is 12.8 Å². The van der Waals surface area contributed by atoms with Crippen LogP contribution in [0.2, 0.25) is 0 Å². The highest BCUT2D eigenvalue weighted by Gasteiger charge is 1.88. The lowest BCUT2D eigenvalue weighted by molar-refractivity contribution is 1.08. The Morgan fingerprint density at radius 2 is 2.43 bits per heavy atom. The fourth-order valence-corrected chi connectivity index (χ4v) is 0.709. The third-order valence-corrected chi connectivity index (χ3v) is 1.14. The lowest BCUT2D eigenvalue weighted by Crippen LogP contribution is -1.80. The summed E-state index contributed by atoms with van der Waals surface area (Å²) in [5, 5.41) is 0.853. The van der Waals surface area contributed by atoms with Crippen molar-refractivity contribution in [1.29, 1.82) is 0 Å². The van der Waals surface area contributed by atoms with Gasteiger partial charge in [0.2, 0.25) is 0 Å². The first kappa shape index (κ1) is 4.91. The summed E-state index contributed by atoms with van der Waals surface area (Å²) in [5.74, 6) is 0. The molecule has 1 rings (SSSR count). The van der Waals surface area contributed by atoms with Gasteiger partial charge in [0.15, 0.2) is 0 Å². The zero-order valence-corrected chi connectivity index (χ0v) is 4.86. The third-order valence-electron chi connectivity index (χ3n) is 0.846. The van der Waals surface area contributed by atoms with Crippen LogP contribution in [0.1, 0.15) is 12.8 Å². The molecule has 0 aliphatic carbocycles. The molecule has 2 heteroatoms. The van der Waals surface area contributed by atoms with E-state index in [1.165, 1.54) is 0 Å². The van der Waals surface area contributed by atoms with Crippen LogP contribution in [0.15, 0.2) is 16.1 Å². The average Bonchev–Trinajstić information content (AvgIpc) is 1.69. The maximum atomic E-state index is 4.02. The fourth-order valence-electron chi connectivity index (χ4n) is 0.498. The Hall–Kier alpha value is -0.240. The fraction of sp³-hybridized carbons (Fsp3) is 0.400. The maximum absolute atomic E-state index is 4.02. The van der Waals surface area contributed by atoms with E-state index in [-0.39, 0.29) is 0 Å². The van der Waals surface area contributed by atoms with E-state index in [1.807, 2.05) is 12.3 Å². The molecule has 0 atom stereocenters. The first-order chi connectivity index (χ1) is 3.39. The van der Waals surface area contributed by atoms with Gasteiger partial charge >= 0.3 is 0 Å². The highest BCUT2D eigenvalue weighted by atomic mass is 32.1. The first-order valence-electron chi connectivity index (χ1n) is 2.31. The summed E-state index contributed by atoms with van der Waals surface area (Å²) < 4.78 is 0. The predicted molar refractivity (Wildman–Crippen MR) is 34.8 cm³/mol. The van der Waals surface area contributed by atoms with E-state index in [4.69, 9.17) is 0 Å². The number of nitrogens with zero attached hydrogens (tertiary/aromatic N) is 1. The summed E-state index contributed by atoms with van der Waals surface area (Å²) in [4.78, 5) is 3.93. The Morgan fingerprint density at radius 1 is 1.57 bits per heavy atom. The lowest BCUT2D eigenvalue weighted by atomic mass is 10.3. The molecule has 0 bridgehead atoms. The smallest absolute Gasteiger partial charge is 0.0885 e. The number of aliphatic imine (C=N–C) groups is 1. The van der Waals surface area contributed by atoms with Gasteiger partial charge in [-0.15, -0.1) is 12.6 Å². The predicted octanol–water partition coefficient (Wildman–Crippen LogP) is 1.62. The average molecular weight is 113 g/mol. The first-order valence-corrected chi connectivity index (χ1v) is 2.76. The van der Waals surface area contributed by atoms with Gasteiger partial charge in [-0.2, -0.15) is 0 Å². The largest absolute Gasteiger partial charge is 0.255 e. The molecule has 0 radical (unpaired) electrons. The minimum absolute atomic E-state index is 0.853. The van der Waals surface area contributed by atoms with E-state index in [1.54, 1.807) is 0 Å². The number of hydrogen-bond donors (Lipinski definition) is 1. The van der Waals surface area contributed by atoms with Crippen molar-refractivity contribution in [2.45, 2.75) is 12.8 Å². The molecule has 0 amide bonds. The van der Waals surface area contributed by atoms with Gasteiger partial charge in [-0.3, -0.25) is 4.99 Å². The van der Waals surface area contributed by atoms with Gasteiger partial charge in [-0.1, -0.05) is 6.08 Å². The van der Waals surface area contributed by atoms with E-state index in [9.17, 15) is 0 Å². The molecule has 1 nitrogen and oxygen atoms in total. The second-order valence-electron chi connectivity index (χ2n) is 1.45. The highest BCUT2D eigenvalue weighted by Crippen LogP contribution is 2.08. The van der Waals surface area contributed by atoms with Crippen molar-refractivity contribution in [1.82, 2.24) is 0 Å². The summed E-state index contributed by atoms with van der Waals surface area (Å²) in [6.45, 7) is 0. The van der Waals surface area contributed by atoms with Crippen molar-refractivity contribution in [3.05, 3.63) is 11.1 Å². The molecule has 7 heavy (non-hydrogen) atoms. The molecule has 1 aliphatic heterocycles. The topological polar surface area (TPSA) is 12.4 Å². The van der Waals surface area contributed by atoms with Crippen molar-refractivity contribution in [3.8, 4) is 0 Å². The summed E-state index contributed by atoms with van der Waals surface area (Å²) >= 11 is 4.02. The summed E-state index contributed by atoms with van der Waals surface area (Å²) in [6, 6.07) is 0. The van der Waals surface area contributed by atoms with Crippen LogP contribution in [0.5, 0.6) is 0 Å². The Bertz CT molecular complexity index is 115. The van der Waals surface area contributed by atoms with Gasteiger partial charge in [0.1, 0.15) is 0 Å². The zero-order chi connectivity index (χ0) is 5.11.